The molecule has 4 nitrogen and oxygen atoms in total. The molecule has 0 saturated heterocycles. The fraction of sp³-hybridized carbons (Fsp3) is 0.222. The maximum atomic E-state index is 9.28. The summed E-state index contributed by atoms with van der Waals surface area (Å²) in [5, 5.41) is 17.6. The Balaban J connectivity index is 1.90. The zero-order valence-electron chi connectivity index (χ0n) is 12.8. The van der Waals surface area contributed by atoms with Gasteiger partial charge in [0, 0.05) is 5.56 Å². The number of alkyl halides is 1. The third-order valence-corrected chi connectivity index (χ3v) is 3.88. The summed E-state index contributed by atoms with van der Waals surface area (Å²) in [6, 6.07) is 14.6. The highest BCUT2D eigenvalue weighted by molar-refractivity contribution is 14.1. The van der Waals surface area contributed by atoms with Gasteiger partial charge in [0.25, 0.3) is 0 Å². The largest absolute Gasteiger partial charge is 0.508 e. The van der Waals surface area contributed by atoms with Crippen LogP contribution in [0.3, 0.4) is 0 Å². The average molecular weight is 422 g/mol. The van der Waals surface area contributed by atoms with Crippen LogP contribution in [0.15, 0.2) is 65.3 Å². The third kappa shape index (κ3) is 6.02. The minimum atomic E-state index is 0.0440. The fourth-order valence-corrected chi connectivity index (χ4v) is 2.37. The molecular weight excluding hydrogens is 403 g/mol. The van der Waals surface area contributed by atoms with Gasteiger partial charge in [0.15, 0.2) is 0 Å². The van der Waals surface area contributed by atoms with E-state index in [1.165, 1.54) is 6.42 Å². The first-order chi connectivity index (χ1) is 11.2. The van der Waals surface area contributed by atoms with Gasteiger partial charge in [0.2, 0.25) is 0 Å². The van der Waals surface area contributed by atoms with Crippen LogP contribution in [0.1, 0.15) is 18.4 Å². The summed E-state index contributed by atoms with van der Waals surface area (Å²) >= 11 is 2.37. The Kier molecular flexibility index (Phi) is 7.06. The topological polar surface area (TPSA) is 54.2 Å². The van der Waals surface area contributed by atoms with Crippen LogP contribution in [0.2, 0.25) is 0 Å². The molecule has 0 aliphatic rings. The Morgan fingerprint density at radius 2 is 1.52 bits per heavy atom. The van der Waals surface area contributed by atoms with Gasteiger partial charge in [0.05, 0.1) is 18.0 Å². The molecule has 0 amide bonds. The van der Waals surface area contributed by atoms with Crippen LogP contribution in [-0.4, -0.2) is 16.1 Å². The predicted molar refractivity (Wildman–Crippen MR) is 102 cm³/mol. The highest BCUT2D eigenvalue weighted by atomic mass is 127. The molecule has 23 heavy (non-hydrogen) atoms. The lowest BCUT2D eigenvalue weighted by Crippen LogP contribution is -1.96. The quantitative estimate of drug-likeness (QED) is 0.180. The maximum Gasteiger partial charge on any atom is 0.119 e. The normalized spacial score (nSPS) is 10.8. The van der Waals surface area contributed by atoms with Gasteiger partial charge < -0.3 is 9.84 Å². The zero-order valence-corrected chi connectivity index (χ0v) is 14.9. The maximum absolute atomic E-state index is 9.28. The van der Waals surface area contributed by atoms with Crippen LogP contribution >= 0.6 is 22.6 Å². The number of aliphatic hydroxyl groups is 1. The van der Waals surface area contributed by atoms with Crippen molar-refractivity contribution >= 4 is 39.7 Å². The van der Waals surface area contributed by atoms with Crippen LogP contribution in [-0.2, 0) is 0 Å². The number of halogens is 1. The molecule has 120 valence electrons. The number of nitrogens with zero attached hydrogens (tertiary/aromatic N) is 2. The Morgan fingerprint density at radius 3 is 2.04 bits per heavy atom. The second-order valence-corrected chi connectivity index (χ2v) is 6.01. The summed E-state index contributed by atoms with van der Waals surface area (Å²) in [6.45, 7) is 4.22. The van der Waals surface area contributed by atoms with E-state index in [1.54, 1.807) is 24.3 Å². The highest BCUT2D eigenvalue weighted by Crippen LogP contribution is 2.22. The van der Waals surface area contributed by atoms with E-state index in [0.717, 1.165) is 28.9 Å². The summed E-state index contributed by atoms with van der Waals surface area (Å²) in [7, 11) is 0. The van der Waals surface area contributed by atoms with E-state index in [-0.39, 0.29) is 5.76 Å². The molecule has 0 bridgehead atoms. The van der Waals surface area contributed by atoms with Crippen LogP contribution in [0, 0.1) is 0 Å². The first-order valence-corrected chi connectivity index (χ1v) is 8.90. The molecule has 1 N–H and O–H groups in total. The number of hydrogen-bond donors (Lipinski definition) is 1. The first kappa shape index (κ1) is 17.5. The Labute approximate surface area is 150 Å². The highest BCUT2D eigenvalue weighted by Gasteiger charge is 1.97. The minimum Gasteiger partial charge on any atom is -0.508 e. The van der Waals surface area contributed by atoms with E-state index in [1.807, 2.05) is 24.3 Å². The van der Waals surface area contributed by atoms with E-state index in [9.17, 15) is 5.11 Å². The van der Waals surface area contributed by atoms with E-state index in [4.69, 9.17) is 4.74 Å². The smallest absolute Gasteiger partial charge is 0.119 e. The Hall–Kier alpha value is -1.89. The number of benzene rings is 2. The summed E-state index contributed by atoms with van der Waals surface area (Å²) in [5.41, 5.74) is 2.16. The molecule has 0 atom stereocenters. The molecule has 0 unspecified atom stereocenters. The number of unbranched alkanes of at least 4 members (excludes halogenated alkanes) is 1. The van der Waals surface area contributed by atoms with Gasteiger partial charge in [-0.2, -0.15) is 10.2 Å². The summed E-state index contributed by atoms with van der Waals surface area (Å²) < 4.78 is 6.81. The van der Waals surface area contributed by atoms with Gasteiger partial charge in [-0.25, -0.2) is 0 Å². The van der Waals surface area contributed by atoms with Crippen molar-refractivity contribution in [3.63, 3.8) is 0 Å². The number of azo groups is 1. The lowest BCUT2D eigenvalue weighted by molar-refractivity contribution is 0.310. The fourth-order valence-electron chi connectivity index (χ4n) is 1.83. The third-order valence-electron chi connectivity index (χ3n) is 3.11. The number of hydrogen-bond acceptors (Lipinski definition) is 4. The SMILES string of the molecule is C=C(O)c1ccc(N=Nc2ccc(OCCCCI)cc2)cc1. The van der Waals surface area contributed by atoms with Gasteiger partial charge in [-0.3, -0.25) is 0 Å². The molecular formula is C18H19IN2O2. The van der Waals surface area contributed by atoms with Crippen molar-refractivity contribution in [1.82, 2.24) is 0 Å². The summed E-state index contributed by atoms with van der Waals surface area (Å²) in [4.78, 5) is 0. The van der Waals surface area contributed by atoms with Crippen LogP contribution in [0.5, 0.6) is 5.75 Å². The average Bonchev–Trinajstić information content (AvgIpc) is 2.58. The second-order valence-electron chi connectivity index (χ2n) is 4.93. The molecule has 0 aromatic heterocycles. The molecule has 0 radical (unpaired) electrons. The van der Waals surface area contributed by atoms with Crippen molar-refractivity contribution < 1.29 is 9.84 Å². The van der Waals surface area contributed by atoms with E-state index < -0.39 is 0 Å². The zero-order chi connectivity index (χ0) is 16.5. The second kappa shape index (κ2) is 9.29. The molecule has 0 spiro atoms. The van der Waals surface area contributed by atoms with Crippen molar-refractivity contribution in [2.75, 3.05) is 11.0 Å². The molecule has 0 fully saturated rings. The lowest BCUT2D eigenvalue weighted by Gasteiger charge is -2.05. The van der Waals surface area contributed by atoms with Crippen molar-refractivity contribution in [3.8, 4) is 5.75 Å². The molecule has 2 rings (SSSR count). The van der Waals surface area contributed by atoms with Crippen molar-refractivity contribution in [2.45, 2.75) is 12.8 Å². The van der Waals surface area contributed by atoms with Gasteiger partial charge in [-0.1, -0.05) is 29.2 Å². The van der Waals surface area contributed by atoms with Crippen molar-refractivity contribution in [3.05, 3.63) is 60.7 Å². The van der Waals surface area contributed by atoms with Gasteiger partial charge in [-0.05, 0) is 65.8 Å². The van der Waals surface area contributed by atoms with Gasteiger partial charge in [0.1, 0.15) is 11.5 Å². The molecule has 0 aliphatic heterocycles. The lowest BCUT2D eigenvalue weighted by atomic mass is 10.2. The van der Waals surface area contributed by atoms with Gasteiger partial charge >= 0.3 is 0 Å². The number of aliphatic hydroxyl groups excluding tert-OH is 1. The Morgan fingerprint density at radius 1 is 0.957 bits per heavy atom. The predicted octanol–water partition coefficient (Wildman–Crippen LogP) is 6.22. The molecule has 0 heterocycles. The van der Waals surface area contributed by atoms with Crippen LogP contribution in [0.25, 0.3) is 5.76 Å². The van der Waals surface area contributed by atoms with E-state index in [2.05, 4.69) is 39.4 Å². The van der Waals surface area contributed by atoms with Crippen LogP contribution in [0.4, 0.5) is 11.4 Å². The van der Waals surface area contributed by atoms with Crippen molar-refractivity contribution in [2.24, 2.45) is 10.2 Å². The summed E-state index contributed by atoms with van der Waals surface area (Å²) in [5.74, 6) is 0.894. The van der Waals surface area contributed by atoms with E-state index in [0.29, 0.717) is 11.3 Å². The Bertz CT molecular complexity index is 652. The van der Waals surface area contributed by atoms with E-state index >= 15 is 0 Å². The molecule has 0 saturated carbocycles. The molecule has 2 aromatic carbocycles. The van der Waals surface area contributed by atoms with Crippen molar-refractivity contribution in [1.29, 1.82) is 0 Å². The number of ether oxygens (including phenoxy) is 1. The molecule has 2 aromatic rings. The molecule has 0 aliphatic carbocycles. The summed E-state index contributed by atoms with van der Waals surface area (Å²) in [6.07, 6.45) is 2.25. The standard InChI is InChI=1S/C18H19IN2O2/c1-14(22)15-4-6-16(7-5-15)20-21-17-8-10-18(11-9-17)23-13-3-2-12-19/h4-11,22H,1-3,12-13H2. The molecule has 5 heteroatoms. The van der Waals surface area contributed by atoms with Gasteiger partial charge in [-0.15, -0.1) is 0 Å². The number of rotatable bonds is 8. The first-order valence-electron chi connectivity index (χ1n) is 7.38. The van der Waals surface area contributed by atoms with Crippen LogP contribution < -0.4 is 4.74 Å². The minimum absolute atomic E-state index is 0.0440. The monoisotopic (exact) mass is 422 g/mol.